The highest BCUT2D eigenvalue weighted by molar-refractivity contribution is 6.02. The summed E-state index contributed by atoms with van der Waals surface area (Å²) in [6.07, 6.45) is 3.24. The molecule has 0 spiro atoms. The molecule has 14 heteroatoms. The van der Waals surface area contributed by atoms with Gasteiger partial charge in [0.1, 0.15) is 11.6 Å². The Morgan fingerprint density at radius 1 is 0.898 bits per heavy atom. The molecule has 0 unspecified atom stereocenters. The fourth-order valence-electron chi connectivity index (χ4n) is 5.41. The lowest BCUT2D eigenvalue weighted by Crippen LogP contribution is -2.37. The largest absolute Gasteiger partial charge is 0.424 e. The molecule has 1 saturated heterocycles. The van der Waals surface area contributed by atoms with Crippen molar-refractivity contribution in [3.05, 3.63) is 109 Å². The smallest absolute Gasteiger partial charge is 0.416 e. The SMILES string of the molecule is O=C(Nc1cnc(Oc2ccc(-c3cnn4ccc(N5CCC5)nc34)cc2)nc1)Nc1cc(C(F)(F)F)ccc1-c1cccc(CCO)c1. The Balaban J connectivity index is 1.02. The average Bonchev–Trinajstić information content (AvgIpc) is 3.48. The van der Waals surface area contributed by atoms with Crippen molar-refractivity contribution in [2.45, 2.75) is 19.0 Å². The molecule has 3 aromatic carbocycles. The van der Waals surface area contributed by atoms with E-state index < -0.39 is 17.8 Å². The number of aliphatic hydroxyl groups is 1. The summed E-state index contributed by atoms with van der Waals surface area (Å²) in [5.74, 6) is 1.40. The van der Waals surface area contributed by atoms with Crippen molar-refractivity contribution in [2.24, 2.45) is 0 Å². The quantitative estimate of drug-likeness (QED) is 0.150. The zero-order valence-electron chi connectivity index (χ0n) is 25.9. The molecule has 0 radical (unpaired) electrons. The molecule has 0 aliphatic carbocycles. The number of rotatable bonds is 9. The molecular formula is C35H29F3N8O3. The third-order valence-electron chi connectivity index (χ3n) is 8.03. The Kier molecular flexibility index (Phi) is 8.53. The second-order valence-electron chi connectivity index (χ2n) is 11.3. The van der Waals surface area contributed by atoms with Crippen LogP contribution in [0.3, 0.4) is 0 Å². The Labute approximate surface area is 278 Å². The maximum atomic E-state index is 13.5. The summed E-state index contributed by atoms with van der Waals surface area (Å²) in [7, 11) is 0. The van der Waals surface area contributed by atoms with Crippen LogP contribution in [-0.4, -0.2) is 55.4 Å². The van der Waals surface area contributed by atoms with Crippen molar-refractivity contribution >= 4 is 28.9 Å². The predicted octanol–water partition coefficient (Wildman–Crippen LogP) is 7.05. The Bertz CT molecular complexity index is 2110. The first kappa shape index (κ1) is 31.6. The van der Waals surface area contributed by atoms with Crippen LogP contribution in [0, 0.1) is 0 Å². The lowest BCUT2D eigenvalue weighted by Gasteiger charge is -2.31. The van der Waals surface area contributed by atoms with Gasteiger partial charge in [-0.2, -0.15) is 18.3 Å². The van der Waals surface area contributed by atoms with Crippen LogP contribution in [0.4, 0.5) is 35.2 Å². The van der Waals surface area contributed by atoms with Gasteiger partial charge in [0, 0.05) is 37.0 Å². The molecule has 1 aliphatic heterocycles. The van der Waals surface area contributed by atoms with Crippen LogP contribution < -0.4 is 20.3 Å². The predicted molar refractivity (Wildman–Crippen MR) is 178 cm³/mol. The van der Waals surface area contributed by atoms with Gasteiger partial charge in [-0.05, 0) is 59.9 Å². The highest BCUT2D eigenvalue weighted by atomic mass is 19.4. The summed E-state index contributed by atoms with van der Waals surface area (Å²) in [5, 5.41) is 18.8. The van der Waals surface area contributed by atoms with Crippen LogP contribution in [0.25, 0.3) is 27.9 Å². The van der Waals surface area contributed by atoms with Crippen LogP contribution in [0.5, 0.6) is 11.8 Å². The van der Waals surface area contributed by atoms with E-state index in [1.807, 2.05) is 24.4 Å². The standard InChI is InChI=1S/C35H29F3N8O3/c36-35(37,38)25-7-10-28(24-4-1-3-22(17-24)12-16-47)30(18-25)43-33(48)42-26-19-39-34(40-20-26)49-27-8-5-23(6-9-27)29-21-41-46-15-11-31(44-32(29)46)45-13-2-14-45/h1,3-11,15,17-21,47H,2,12-14,16H2,(H2,42,43,48). The van der Waals surface area contributed by atoms with Crippen molar-refractivity contribution in [2.75, 3.05) is 35.2 Å². The molecule has 0 saturated carbocycles. The lowest BCUT2D eigenvalue weighted by atomic mass is 9.98. The van der Waals surface area contributed by atoms with E-state index in [-0.39, 0.29) is 24.0 Å². The zero-order valence-corrected chi connectivity index (χ0v) is 25.9. The van der Waals surface area contributed by atoms with Gasteiger partial charge in [0.15, 0.2) is 5.65 Å². The van der Waals surface area contributed by atoms with Gasteiger partial charge in [-0.3, -0.25) is 0 Å². The number of nitrogens with zero attached hydrogens (tertiary/aromatic N) is 6. The van der Waals surface area contributed by atoms with Crippen molar-refractivity contribution in [1.82, 2.24) is 24.6 Å². The highest BCUT2D eigenvalue weighted by Gasteiger charge is 2.31. The van der Waals surface area contributed by atoms with Crippen LogP contribution in [0.15, 0.2) is 97.6 Å². The molecular weight excluding hydrogens is 637 g/mol. The third kappa shape index (κ3) is 6.99. The number of halogens is 3. The van der Waals surface area contributed by atoms with Crippen molar-refractivity contribution in [1.29, 1.82) is 0 Å². The summed E-state index contributed by atoms with van der Waals surface area (Å²) in [4.78, 5) is 28.2. The maximum Gasteiger partial charge on any atom is 0.416 e. The number of alkyl halides is 3. The number of hydrogen-bond donors (Lipinski definition) is 3. The minimum atomic E-state index is -4.61. The van der Waals surface area contributed by atoms with Gasteiger partial charge in [-0.1, -0.05) is 42.5 Å². The number of amides is 2. The molecule has 3 N–H and O–H groups in total. The number of nitrogens with one attached hydrogen (secondary N) is 2. The Hall–Kier alpha value is -6.02. The molecule has 0 bridgehead atoms. The fourth-order valence-corrected chi connectivity index (χ4v) is 5.41. The zero-order chi connectivity index (χ0) is 34.0. The van der Waals surface area contributed by atoms with Gasteiger partial charge in [-0.15, -0.1) is 0 Å². The fraction of sp³-hybridized carbons (Fsp3) is 0.171. The molecule has 2 amide bonds. The molecule has 1 aliphatic rings. The van der Waals surface area contributed by atoms with Crippen LogP contribution in [0.1, 0.15) is 17.5 Å². The number of aromatic nitrogens is 5. The number of hydrogen-bond acceptors (Lipinski definition) is 8. The number of fused-ring (bicyclic) bond motifs is 1. The Morgan fingerprint density at radius 3 is 2.41 bits per heavy atom. The minimum Gasteiger partial charge on any atom is -0.424 e. The molecule has 6 aromatic rings. The summed E-state index contributed by atoms with van der Waals surface area (Å²) in [5.41, 5.74) is 3.53. The number of benzene rings is 3. The molecule has 7 rings (SSSR count). The first-order valence-electron chi connectivity index (χ1n) is 15.4. The highest BCUT2D eigenvalue weighted by Crippen LogP contribution is 2.36. The summed E-state index contributed by atoms with van der Waals surface area (Å²) >= 11 is 0. The first-order chi connectivity index (χ1) is 23.7. The van der Waals surface area contributed by atoms with E-state index in [4.69, 9.17) is 9.72 Å². The second-order valence-corrected chi connectivity index (χ2v) is 11.3. The molecule has 11 nitrogen and oxygen atoms in total. The topological polar surface area (TPSA) is 130 Å². The van der Waals surface area contributed by atoms with Gasteiger partial charge in [-0.25, -0.2) is 24.3 Å². The van der Waals surface area contributed by atoms with Crippen molar-refractivity contribution < 1.29 is 27.8 Å². The van der Waals surface area contributed by atoms with E-state index in [0.29, 0.717) is 23.3 Å². The van der Waals surface area contributed by atoms with E-state index in [1.54, 1.807) is 47.1 Å². The summed E-state index contributed by atoms with van der Waals surface area (Å²) in [6, 6.07) is 18.6. The van der Waals surface area contributed by atoms with E-state index in [0.717, 1.165) is 59.8 Å². The van der Waals surface area contributed by atoms with Gasteiger partial charge in [0.05, 0.1) is 35.5 Å². The van der Waals surface area contributed by atoms with E-state index in [2.05, 4.69) is 30.6 Å². The molecule has 4 heterocycles. The van der Waals surface area contributed by atoms with Gasteiger partial charge in [0.25, 0.3) is 0 Å². The first-order valence-corrected chi connectivity index (χ1v) is 15.4. The molecule has 3 aromatic heterocycles. The number of aliphatic hydroxyl groups excluding tert-OH is 1. The van der Waals surface area contributed by atoms with Crippen molar-refractivity contribution in [3.63, 3.8) is 0 Å². The van der Waals surface area contributed by atoms with Gasteiger partial charge >= 0.3 is 18.2 Å². The number of carbonyl (C=O) groups excluding carboxylic acids is 1. The monoisotopic (exact) mass is 666 g/mol. The van der Waals surface area contributed by atoms with Gasteiger partial charge in [0.2, 0.25) is 0 Å². The summed E-state index contributed by atoms with van der Waals surface area (Å²) in [6.45, 7) is 1.91. The minimum absolute atomic E-state index is 0.0264. The van der Waals surface area contributed by atoms with Crippen molar-refractivity contribution in [3.8, 4) is 34.0 Å². The van der Waals surface area contributed by atoms with E-state index in [9.17, 15) is 23.1 Å². The third-order valence-corrected chi connectivity index (χ3v) is 8.03. The van der Waals surface area contributed by atoms with E-state index >= 15 is 0 Å². The van der Waals surface area contributed by atoms with Crippen LogP contribution in [-0.2, 0) is 12.6 Å². The molecule has 49 heavy (non-hydrogen) atoms. The van der Waals surface area contributed by atoms with Gasteiger partial charge < -0.3 is 25.4 Å². The molecule has 0 atom stereocenters. The van der Waals surface area contributed by atoms with E-state index in [1.165, 1.54) is 18.5 Å². The normalized spacial score (nSPS) is 12.9. The number of carbonyl (C=O) groups is 1. The number of anilines is 3. The number of urea groups is 1. The molecule has 248 valence electrons. The molecule has 1 fully saturated rings. The average molecular weight is 667 g/mol. The lowest BCUT2D eigenvalue weighted by molar-refractivity contribution is -0.137. The Morgan fingerprint density at radius 2 is 1.69 bits per heavy atom. The maximum absolute atomic E-state index is 13.5. The van der Waals surface area contributed by atoms with Crippen LogP contribution in [0.2, 0.25) is 0 Å². The number of ether oxygens (including phenoxy) is 1. The van der Waals surface area contributed by atoms with Crippen LogP contribution >= 0.6 is 0 Å². The second kappa shape index (κ2) is 13.2. The summed E-state index contributed by atoms with van der Waals surface area (Å²) < 4.78 is 48.2.